The highest BCUT2D eigenvalue weighted by Gasteiger charge is 2.16. The van der Waals surface area contributed by atoms with Crippen molar-refractivity contribution < 1.29 is 9.47 Å². The van der Waals surface area contributed by atoms with Gasteiger partial charge in [0.2, 0.25) is 0 Å². The van der Waals surface area contributed by atoms with Crippen LogP contribution < -0.4 is 15.0 Å². The van der Waals surface area contributed by atoms with Crippen LogP contribution >= 0.6 is 0 Å². The molecule has 0 radical (unpaired) electrons. The maximum Gasteiger partial charge on any atom is 0.267 e. The number of hydrogen-bond donors (Lipinski definition) is 0. The van der Waals surface area contributed by atoms with Gasteiger partial charge in [-0.25, -0.2) is 4.68 Å². The van der Waals surface area contributed by atoms with E-state index in [0.717, 1.165) is 22.4 Å². The van der Waals surface area contributed by atoms with Crippen molar-refractivity contribution in [2.45, 2.75) is 0 Å². The van der Waals surface area contributed by atoms with Crippen LogP contribution in [0.5, 0.6) is 17.2 Å². The predicted octanol–water partition coefficient (Wildman–Crippen LogP) is 4.92. The Hall–Kier alpha value is -3.86. The van der Waals surface area contributed by atoms with Gasteiger partial charge in [-0.3, -0.25) is 4.79 Å². The molecule has 5 heteroatoms. The lowest BCUT2D eigenvalue weighted by atomic mass is 9.99. The zero-order valence-electron chi connectivity index (χ0n) is 16.2. The molecule has 3 aromatic carbocycles. The Balaban J connectivity index is 1.90. The van der Waals surface area contributed by atoms with E-state index in [-0.39, 0.29) is 5.56 Å². The van der Waals surface area contributed by atoms with Crippen molar-refractivity contribution in [1.29, 1.82) is 0 Å². The van der Waals surface area contributed by atoms with E-state index >= 15 is 0 Å². The second kappa shape index (κ2) is 8.02. The van der Waals surface area contributed by atoms with Gasteiger partial charge >= 0.3 is 0 Å². The molecular formula is C24H20N2O3. The first kappa shape index (κ1) is 18.5. The molecule has 4 rings (SSSR count). The minimum Gasteiger partial charge on any atom is -0.497 e. The van der Waals surface area contributed by atoms with E-state index in [9.17, 15) is 4.79 Å². The van der Waals surface area contributed by atoms with Gasteiger partial charge in [0, 0.05) is 24.2 Å². The summed E-state index contributed by atoms with van der Waals surface area (Å²) < 4.78 is 12.8. The molecule has 0 saturated heterocycles. The minimum absolute atomic E-state index is 0.187. The minimum atomic E-state index is -0.187. The van der Waals surface area contributed by atoms with Gasteiger partial charge < -0.3 is 9.47 Å². The molecule has 0 spiro atoms. The zero-order chi connectivity index (χ0) is 20.2. The lowest BCUT2D eigenvalue weighted by Gasteiger charge is -2.15. The summed E-state index contributed by atoms with van der Waals surface area (Å²) in [7, 11) is 3.26. The topological polar surface area (TPSA) is 53.4 Å². The predicted molar refractivity (Wildman–Crippen MR) is 113 cm³/mol. The maximum atomic E-state index is 12.4. The fourth-order valence-electron chi connectivity index (χ4n) is 3.11. The maximum absolute atomic E-state index is 12.4. The normalized spacial score (nSPS) is 10.6. The molecule has 0 amide bonds. The van der Waals surface area contributed by atoms with E-state index in [0.29, 0.717) is 17.2 Å². The van der Waals surface area contributed by atoms with Gasteiger partial charge in [0.05, 0.1) is 7.11 Å². The standard InChI is InChI=1S/C24H20N2O3/c1-26-23(27)16-21(17-9-8-12-19(15-17)28-2)24(25-26)20-13-6-7-14-22(20)29-18-10-4-3-5-11-18/h3-16H,1-2H3. The molecule has 1 heterocycles. The smallest absolute Gasteiger partial charge is 0.267 e. The Morgan fingerprint density at radius 3 is 2.31 bits per heavy atom. The summed E-state index contributed by atoms with van der Waals surface area (Å²) in [6.07, 6.45) is 0. The number of aryl methyl sites for hydroxylation is 1. The van der Waals surface area contributed by atoms with Gasteiger partial charge in [-0.1, -0.05) is 42.5 Å². The molecule has 0 saturated carbocycles. The van der Waals surface area contributed by atoms with Crippen LogP contribution in [-0.2, 0) is 7.05 Å². The first-order chi connectivity index (χ1) is 14.2. The van der Waals surface area contributed by atoms with Crippen LogP contribution in [0.1, 0.15) is 0 Å². The third kappa shape index (κ3) is 3.89. The lowest BCUT2D eigenvalue weighted by Crippen LogP contribution is -2.19. The number of nitrogens with zero attached hydrogens (tertiary/aromatic N) is 2. The van der Waals surface area contributed by atoms with Gasteiger partial charge in [0.25, 0.3) is 5.56 Å². The Morgan fingerprint density at radius 1 is 0.793 bits per heavy atom. The Labute approximate surface area is 168 Å². The number of methoxy groups -OCH3 is 1. The summed E-state index contributed by atoms with van der Waals surface area (Å²) in [5.41, 5.74) is 2.83. The van der Waals surface area contributed by atoms with Gasteiger partial charge in [-0.2, -0.15) is 5.10 Å². The average Bonchev–Trinajstić information content (AvgIpc) is 2.76. The van der Waals surface area contributed by atoms with E-state index in [1.54, 1.807) is 20.2 Å². The second-order valence-corrected chi connectivity index (χ2v) is 6.51. The molecule has 0 bridgehead atoms. The van der Waals surface area contributed by atoms with Crippen LogP contribution in [-0.4, -0.2) is 16.9 Å². The summed E-state index contributed by atoms with van der Waals surface area (Å²) in [6.45, 7) is 0. The number of ether oxygens (including phenoxy) is 2. The molecular weight excluding hydrogens is 364 g/mol. The van der Waals surface area contributed by atoms with Gasteiger partial charge in [-0.05, 0) is 42.0 Å². The number of benzene rings is 3. The third-order valence-corrected chi connectivity index (χ3v) is 4.59. The molecule has 29 heavy (non-hydrogen) atoms. The molecule has 0 aliphatic rings. The van der Waals surface area contributed by atoms with Crippen LogP contribution in [0.2, 0.25) is 0 Å². The molecule has 1 aromatic heterocycles. The van der Waals surface area contributed by atoms with Crippen LogP contribution in [0.4, 0.5) is 0 Å². The third-order valence-electron chi connectivity index (χ3n) is 4.59. The molecule has 0 N–H and O–H groups in total. The van der Waals surface area contributed by atoms with Crippen molar-refractivity contribution >= 4 is 0 Å². The Kier molecular flexibility index (Phi) is 5.12. The SMILES string of the molecule is COc1cccc(-c2cc(=O)n(C)nc2-c2ccccc2Oc2ccccc2)c1. The molecule has 0 aliphatic heterocycles. The molecule has 0 aliphatic carbocycles. The van der Waals surface area contributed by atoms with E-state index in [4.69, 9.17) is 9.47 Å². The van der Waals surface area contributed by atoms with Crippen molar-refractivity contribution in [1.82, 2.24) is 9.78 Å². The highest BCUT2D eigenvalue weighted by Crippen LogP contribution is 2.37. The van der Waals surface area contributed by atoms with Gasteiger partial charge in [0.15, 0.2) is 0 Å². The van der Waals surface area contributed by atoms with Crippen LogP contribution in [0, 0.1) is 0 Å². The lowest BCUT2D eigenvalue weighted by molar-refractivity contribution is 0.415. The summed E-state index contributed by atoms with van der Waals surface area (Å²) in [6, 6.07) is 26.4. The molecule has 0 fully saturated rings. The molecule has 144 valence electrons. The van der Waals surface area contributed by atoms with Crippen molar-refractivity contribution in [2.75, 3.05) is 7.11 Å². The van der Waals surface area contributed by atoms with Crippen molar-refractivity contribution in [3.63, 3.8) is 0 Å². The first-order valence-electron chi connectivity index (χ1n) is 9.21. The van der Waals surface area contributed by atoms with Crippen molar-refractivity contribution in [3.05, 3.63) is 95.3 Å². The molecule has 0 atom stereocenters. The Bertz CT molecular complexity index is 1200. The van der Waals surface area contributed by atoms with Crippen LogP contribution in [0.25, 0.3) is 22.4 Å². The molecule has 5 nitrogen and oxygen atoms in total. The average molecular weight is 384 g/mol. The van der Waals surface area contributed by atoms with Crippen molar-refractivity contribution in [2.24, 2.45) is 7.05 Å². The first-order valence-corrected chi connectivity index (χ1v) is 9.21. The van der Waals surface area contributed by atoms with E-state index in [1.165, 1.54) is 4.68 Å². The highest BCUT2D eigenvalue weighted by molar-refractivity contribution is 5.83. The largest absolute Gasteiger partial charge is 0.497 e. The van der Waals surface area contributed by atoms with Crippen LogP contribution in [0.15, 0.2) is 89.7 Å². The van der Waals surface area contributed by atoms with E-state index in [1.807, 2.05) is 78.9 Å². The summed E-state index contributed by atoms with van der Waals surface area (Å²) in [5, 5.41) is 4.56. The summed E-state index contributed by atoms with van der Waals surface area (Å²) >= 11 is 0. The van der Waals surface area contributed by atoms with Gasteiger partial charge in [-0.15, -0.1) is 0 Å². The number of rotatable bonds is 5. The molecule has 0 unspecified atom stereocenters. The fraction of sp³-hybridized carbons (Fsp3) is 0.0833. The zero-order valence-corrected chi connectivity index (χ0v) is 16.2. The number of aromatic nitrogens is 2. The summed E-state index contributed by atoms with van der Waals surface area (Å²) in [5.74, 6) is 2.10. The quantitative estimate of drug-likeness (QED) is 0.490. The summed E-state index contributed by atoms with van der Waals surface area (Å²) in [4.78, 5) is 12.4. The van der Waals surface area contributed by atoms with E-state index < -0.39 is 0 Å². The number of hydrogen-bond acceptors (Lipinski definition) is 4. The van der Waals surface area contributed by atoms with Crippen LogP contribution in [0.3, 0.4) is 0 Å². The highest BCUT2D eigenvalue weighted by atomic mass is 16.5. The van der Waals surface area contributed by atoms with Gasteiger partial charge in [0.1, 0.15) is 22.9 Å². The molecule has 4 aromatic rings. The second-order valence-electron chi connectivity index (χ2n) is 6.51. The Morgan fingerprint density at radius 2 is 1.52 bits per heavy atom. The monoisotopic (exact) mass is 384 g/mol. The van der Waals surface area contributed by atoms with Crippen molar-refractivity contribution in [3.8, 4) is 39.6 Å². The fourth-order valence-corrected chi connectivity index (χ4v) is 3.11. The number of para-hydroxylation sites is 2. The van der Waals surface area contributed by atoms with E-state index in [2.05, 4.69) is 5.10 Å².